The Morgan fingerprint density at radius 1 is 1.06 bits per heavy atom. The molecule has 0 bridgehead atoms. The van der Waals surface area contributed by atoms with Crippen LogP contribution in [0.2, 0.25) is 0 Å². The van der Waals surface area contributed by atoms with Crippen LogP contribution < -0.4 is 15.0 Å². The molecular weight excluding hydrogens is 433 g/mol. The van der Waals surface area contributed by atoms with Gasteiger partial charge in [-0.2, -0.15) is 0 Å². The number of aromatic hydroxyl groups is 1. The van der Waals surface area contributed by atoms with Gasteiger partial charge in [0, 0.05) is 7.05 Å². The predicted molar refractivity (Wildman–Crippen MR) is 110 cm³/mol. The zero-order valence-electron chi connectivity index (χ0n) is 16.2. The largest absolute Gasteiger partial charge is 0.573 e. The summed E-state index contributed by atoms with van der Waals surface area (Å²) in [4.78, 5) is 17.0. The molecule has 0 aliphatic rings. The van der Waals surface area contributed by atoms with Crippen molar-refractivity contribution in [2.75, 3.05) is 0 Å². The second-order valence-electron chi connectivity index (χ2n) is 6.69. The molecule has 0 aliphatic heterocycles. The number of nitrogens with zero attached hydrogens (tertiary/aromatic N) is 2. The highest BCUT2D eigenvalue weighted by atomic mass is 32.1. The number of halogens is 3. The lowest BCUT2D eigenvalue weighted by molar-refractivity contribution is -0.274. The Kier molecular flexibility index (Phi) is 5.10. The highest BCUT2D eigenvalue weighted by Crippen LogP contribution is 2.38. The summed E-state index contributed by atoms with van der Waals surface area (Å²) in [7, 11) is 1.58. The van der Waals surface area contributed by atoms with Crippen molar-refractivity contribution in [1.82, 2.24) is 9.55 Å². The normalized spacial score (nSPS) is 11.6. The number of hydrogen-bond donors (Lipinski definition) is 1. The molecule has 2 heterocycles. The third-order valence-corrected chi connectivity index (χ3v) is 5.43. The van der Waals surface area contributed by atoms with Crippen LogP contribution in [0.4, 0.5) is 13.2 Å². The van der Waals surface area contributed by atoms with Crippen LogP contribution in [0.25, 0.3) is 21.5 Å². The lowest BCUT2D eigenvalue weighted by Crippen LogP contribution is -2.19. The summed E-state index contributed by atoms with van der Waals surface area (Å²) in [5, 5.41) is 10.7. The Balaban J connectivity index is 1.71. The van der Waals surface area contributed by atoms with Gasteiger partial charge in [0.25, 0.3) is 5.56 Å². The molecule has 0 saturated carbocycles. The van der Waals surface area contributed by atoms with E-state index in [1.54, 1.807) is 37.7 Å². The fraction of sp³-hybridized carbons (Fsp3) is 0.143. The van der Waals surface area contributed by atoms with Gasteiger partial charge in [-0.05, 0) is 54.4 Å². The van der Waals surface area contributed by atoms with Gasteiger partial charge < -0.3 is 14.6 Å². The highest BCUT2D eigenvalue weighted by Gasteiger charge is 2.31. The van der Waals surface area contributed by atoms with Crippen LogP contribution in [-0.4, -0.2) is 21.0 Å². The molecule has 0 fully saturated rings. The van der Waals surface area contributed by atoms with E-state index < -0.39 is 11.9 Å². The molecule has 0 amide bonds. The maximum Gasteiger partial charge on any atom is 0.573 e. The van der Waals surface area contributed by atoms with Crippen LogP contribution in [0.3, 0.4) is 0 Å². The first-order valence-electron chi connectivity index (χ1n) is 8.94. The second-order valence-corrected chi connectivity index (χ2v) is 7.55. The van der Waals surface area contributed by atoms with Gasteiger partial charge in [-0.3, -0.25) is 9.36 Å². The summed E-state index contributed by atoms with van der Waals surface area (Å²) in [6.07, 6.45) is -4.78. The molecule has 6 nitrogen and oxygen atoms in total. The summed E-state index contributed by atoms with van der Waals surface area (Å²) >= 11 is 1.22. The van der Waals surface area contributed by atoms with E-state index >= 15 is 0 Å². The van der Waals surface area contributed by atoms with Gasteiger partial charge in [-0.25, -0.2) is 4.98 Å². The minimum atomic E-state index is -4.78. The molecule has 2 aromatic heterocycles. The number of fused-ring (bicyclic) bond motifs is 1. The van der Waals surface area contributed by atoms with E-state index in [0.717, 1.165) is 17.7 Å². The number of hydrogen-bond acceptors (Lipinski definition) is 6. The SMILES string of the molecule is Cc1ccc(Oc2ccc(OC(F)(F)F)cc2)cc1-c1c(O)c2scnc2n(C)c1=O. The standard InChI is InChI=1S/C21H15F3N2O4S/c1-11-3-4-14(29-12-5-7-13(8-6-12)30-21(22,23)24)9-15(11)16-17(27)18-19(25-10-31-18)26(2)20(16)28/h3-10,27H,1-2H3. The summed E-state index contributed by atoms with van der Waals surface area (Å²) < 4.78 is 48.3. The number of pyridine rings is 1. The van der Waals surface area contributed by atoms with Gasteiger partial charge in [0.15, 0.2) is 5.65 Å². The lowest BCUT2D eigenvalue weighted by Gasteiger charge is -2.13. The number of thiazole rings is 1. The van der Waals surface area contributed by atoms with Gasteiger partial charge in [0.2, 0.25) is 0 Å². The maximum atomic E-state index is 12.9. The molecule has 0 radical (unpaired) electrons. The summed E-state index contributed by atoms with van der Waals surface area (Å²) in [5.41, 5.74) is 2.86. The molecule has 0 aliphatic carbocycles. The molecular formula is C21H15F3N2O4S. The van der Waals surface area contributed by atoms with Gasteiger partial charge in [-0.1, -0.05) is 6.07 Å². The highest BCUT2D eigenvalue weighted by molar-refractivity contribution is 7.17. The van der Waals surface area contributed by atoms with Crippen LogP contribution >= 0.6 is 11.3 Å². The minimum absolute atomic E-state index is 0.121. The van der Waals surface area contributed by atoms with Crippen molar-refractivity contribution >= 4 is 21.7 Å². The zero-order chi connectivity index (χ0) is 22.3. The Morgan fingerprint density at radius 2 is 1.71 bits per heavy atom. The van der Waals surface area contributed by atoms with Crippen molar-refractivity contribution in [3.63, 3.8) is 0 Å². The average molecular weight is 448 g/mol. The fourth-order valence-corrected chi connectivity index (χ4v) is 3.91. The topological polar surface area (TPSA) is 73.6 Å². The van der Waals surface area contributed by atoms with Gasteiger partial charge in [-0.15, -0.1) is 24.5 Å². The Morgan fingerprint density at radius 3 is 2.39 bits per heavy atom. The molecule has 0 unspecified atom stereocenters. The van der Waals surface area contributed by atoms with Crippen molar-refractivity contribution in [3.05, 3.63) is 63.9 Å². The average Bonchev–Trinajstić information content (AvgIpc) is 3.19. The van der Waals surface area contributed by atoms with E-state index in [9.17, 15) is 23.1 Å². The van der Waals surface area contributed by atoms with Crippen LogP contribution in [0, 0.1) is 6.92 Å². The fourth-order valence-electron chi connectivity index (χ4n) is 3.14. The van der Waals surface area contributed by atoms with Gasteiger partial charge >= 0.3 is 6.36 Å². The number of ether oxygens (including phenoxy) is 2. The molecule has 10 heteroatoms. The third kappa shape index (κ3) is 4.06. The van der Waals surface area contributed by atoms with E-state index in [2.05, 4.69) is 9.72 Å². The third-order valence-electron chi connectivity index (χ3n) is 4.61. The Labute approximate surface area is 177 Å². The van der Waals surface area contributed by atoms with Crippen LogP contribution in [0.1, 0.15) is 5.56 Å². The second kappa shape index (κ2) is 7.62. The van der Waals surface area contributed by atoms with Crippen molar-refractivity contribution in [2.45, 2.75) is 13.3 Å². The van der Waals surface area contributed by atoms with Crippen molar-refractivity contribution in [1.29, 1.82) is 0 Å². The monoisotopic (exact) mass is 448 g/mol. The molecule has 4 rings (SSSR count). The van der Waals surface area contributed by atoms with E-state index in [4.69, 9.17) is 4.74 Å². The molecule has 0 atom stereocenters. The summed E-state index contributed by atoms with van der Waals surface area (Å²) in [5.74, 6) is 0.0977. The Hall–Kier alpha value is -3.53. The first-order valence-corrected chi connectivity index (χ1v) is 9.82. The first-order chi connectivity index (χ1) is 14.6. The van der Waals surface area contributed by atoms with E-state index in [1.165, 1.54) is 28.0 Å². The van der Waals surface area contributed by atoms with Crippen LogP contribution in [0.15, 0.2) is 52.8 Å². The number of alkyl halides is 3. The number of rotatable bonds is 4. The smallest absolute Gasteiger partial charge is 0.505 e. The quantitative estimate of drug-likeness (QED) is 0.455. The summed E-state index contributed by atoms with van der Waals surface area (Å²) in [6.45, 7) is 1.79. The minimum Gasteiger partial charge on any atom is -0.505 e. The van der Waals surface area contributed by atoms with Crippen LogP contribution in [0.5, 0.6) is 23.0 Å². The molecule has 4 aromatic rings. The van der Waals surface area contributed by atoms with Crippen molar-refractivity contribution < 1.29 is 27.8 Å². The van der Waals surface area contributed by atoms with E-state index in [-0.39, 0.29) is 22.8 Å². The van der Waals surface area contributed by atoms with Gasteiger partial charge in [0.05, 0.1) is 11.1 Å². The zero-order valence-corrected chi connectivity index (χ0v) is 17.0. The molecule has 160 valence electrons. The predicted octanol–water partition coefficient (Wildman–Crippen LogP) is 5.37. The van der Waals surface area contributed by atoms with Crippen LogP contribution in [-0.2, 0) is 7.05 Å². The molecule has 2 aromatic carbocycles. The lowest BCUT2D eigenvalue weighted by atomic mass is 10.0. The molecule has 0 spiro atoms. The summed E-state index contributed by atoms with van der Waals surface area (Å²) in [6, 6.07) is 9.92. The van der Waals surface area contributed by atoms with Crippen molar-refractivity contribution in [3.8, 4) is 34.1 Å². The number of benzene rings is 2. The maximum absolute atomic E-state index is 12.9. The molecule has 1 N–H and O–H groups in total. The number of aryl methyl sites for hydroxylation is 2. The molecule has 31 heavy (non-hydrogen) atoms. The number of aromatic nitrogens is 2. The van der Waals surface area contributed by atoms with Crippen molar-refractivity contribution in [2.24, 2.45) is 7.05 Å². The van der Waals surface area contributed by atoms with E-state index in [1.807, 2.05) is 0 Å². The Bertz CT molecular complexity index is 1330. The first kappa shape index (κ1) is 20.7. The van der Waals surface area contributed by atoms with E-state index in [0.29, 0.717) is 21.7 Å². The molecule has 0 saturated heterocycles. The van der Waals surface area contributed by atoms with Gasteiger partial charge in [0.1, 0.15) is 27.7 Å².